The molecule has 2 N–H and O–H groups in total. The van der Waals surface area contributed by atoms with Gasteiger partial charge in [-0.15, -0.1) is 10.2 Å². The van der Waals surface area contributed by atoms with Crippen molar-refractivity contribution >= 4 is 40.8 Å². The smallest absolute Gasteiger partial charge is 0.414 e. The molecule has 0 aliphatic rings. The van der Waals surface area contributed by atoms with Gasteiger partial charge in [0.15, 0.2) is 5.82 Å². The summed E-state index contributed by atoms with van der Waals surface area (Å²) in [5.41, 5.74) is 1.01. The highest BCUT2D eigenvalue weighted by Gasteiger charge is 2.15. The minimum Gasteiger partial charge on any atom is -0.497 e. The third-order valence-corrected chi connectivity index (χ3v) is 3.64. The molecule has 0 aliphatic carbocycles. The fourth-order valence-corrected chi connectivity index (χ4v) is 2.35. The number of anilines is 3. The molecule has 10 heteroatoms. The molecule has 0 saturated heterocycles. The van der Waals surface area contributed by atoms with E-state index < -0.39 is 6.09 Å². The molecule has 0 bridgehead atoms. The maximum Gasteiger partial charge on any atom is 0.414 e. The Kier molecular flexibility index (Phi) is 5.08. The molecule has 0 radical (unpaired) electrons. The van der Waals surface area contributed by atoms with Crippen LogP contribution in [0.1, 0.15) is 13.8 Å². The van der Waals surface area contributed by atoms with Crippen LogP contribution in [0, 0.1) is 0 Å². The Morgan fingerprint density at radius 3 is 2.85 bits per heavy atom. The summed E-state index contributed by atoms with van der Waals surface area (Å²) in [6.45, 7) is 3.51. The van der Waals surface area contributed by atoms with E-state index in [4.69, 9.17) is 21.1 Å². The average Bonchev–Trinajstić information content (AvgIpc) is 3.00. The first-order chi connectivity index (χ1) is 12.5. The Morgan fingerprint density at radius 2 is 2.12 bits per heavy atom. The topological polar surface area (TPSA) is 103 Å². The van der Waals surface area contributed by atoms with Gasteiger partial charge in [0.1, 0.15) is 5.75 Å². The lowest BCUT2D eigenvalue weighted by molar-refractivity contribution is 0.129. The summed E-state index contributed by atoms with van der Waals surface area (Å²) < 4.78 is 11.8. The van der Waals surface area contributed by atoms with Crippen molar-refractivity contribution in [3.05, 3.63) is 35.6 Å². The zero-order valence-corrected chi connectivity index (χ0v) is 15.1. The number of methoxy groups -OCH3 is 1. The third kappa shape index (κ3) is 3.77. The molecule has 0 spiro atoms. The van der Waals surface area contributed by atoms with Crippen molar-refractivity contribution in [2.75, 3.05) is 17.7 Å². The Hall–Kier alpha value is -3.07. The average molecular weight is 377 g/mol. The summed E-state index contributed by atoms with van der Waals surface area (Å²) in [7, 11) is 1.57. The molecular weight excluding hydrogens is 360 g/mol. The van der Waals surface area contributed by atoms with E-state index in [1.807, 2.05) is 0 Å². The maximum absolute atomic E-state index is 11.8. The second-order valence-electron chi connectivity index (χ2n) is 5.54. The van der Waals surface area contributed by atoms with Crippen LogP contribution >= 0.6 is 11.6 Å². The van der Waals surface area contributed by atoms with Crippen molar-refractivity contribution in [2.24, 2.45) is 0 Å². The lowest BCUT2D eigenvalue weighted by Crippen LogP contribution is -2.19. The van der Waals surface area contributed by atoms with Crippen LogP contribution in [-0.2, 0) is 4.74 Å². The van der Waals surface area contributed by atoms with E-state index in [2.05, 4.69) is 25.8 Å². The summed E-state index contributed by atoms with van der Waals surface area (Å²) >= 11 is 6.21. The van der Waals surface area contributed by atoms with Crippen molar-refractivity contribution in [1.29, 1.82) is 0 Å². The summed E-state index contributed by atoms with van der Waals surface area (Å²) in [4.78, 5) is 16.0. The first-order valence-corrected chi connectivity index (χ1v) is 8.13. The Balaban J connectivity index is 1.90. The number of carbonyl (C=O) groups is 1. The fourth-order valence-electron chi connectivity index (χ4n) is 2.19. The molecule has 26 heavy (non-hydrogen) atoms. The van der Waals surface area contributed by atoms with Gasteiger partial charge in [0.2, 0.25) is 11.6 Å². The third-order valence-electron chi connectivity index (χ3n) is 3.31. The first-order valence-electron chi connectivity index (χ1n) is 7.76. The molecule has 9 nitrogen and oxygen atoms in total. The molecule has 0 aliphatic heterocycles. The molecule has 1 aromatic carbocycles. The summed E-state index contributed by atoms with van der Waals surface area (Å²) in [5.74, 6) is 1.28. The molecule has 0 unspecified atom stereocenters. The summed E-state index contributed by atoms with van der Waals surface area (Å²) in [5, 5.41) is 14.2. The number of hydrogen-bond donors (Lipinski definition) is 2. The predicted molar refractivity (Wildman–Crippen MR) is 97.3 cm³/mol. The van der Waals surface area contributed by atoms with E-state index in [1.54, 1.807) is 56.0 Å². The second-order valence-corrected chi connectivity index (χ2v) is 5.95. The van der Waals surface area contributed by atoms with Crippen LogP contribution in [0.15, 0.2) is 30.6 Å². The van der Waals surface area contributed by atoms with E-state index >= 15 is 0 Å². The number of aromatic nitrogens is 4. The Morgan fingerprint density at radius 1 is 1.31 bits per heavy atom. The standard InChI is InChI=1S/C16H17ClN6O3/c1-9(2)26-16(24)20-15-22-21-14-13(18-6-7-23(14)15)19-12-8-10(25-3)4-5-11(12)17/h4-9H,1-3H3,(H,18,19)(H,20,22,24). The van der Waals surface area contributed by atoms with Crippen LogP contribution in [0.5, 0.6) is 5.75 Å². The molecule has 136 valence electrons. The first kappa shape index (κ1) is 17.7. The molecular formula is C16H17ClN6O3. The highest BCUT2D eigenvalue weighted by atomic mass is 35.5. The number of nitrogens with zero attached hydrogens (tertiary/aromatic N) is 4. The van der Waals surface area contributed by atoms with Gasteiger partial charge in [-0.25, -0.2) is 9.78 Å². The number of fused-ring (bicyclic) bond motifs is 1. The lowest BCUT2D eigenvalue weighted by atomic mass is 10.3. The zero-order valence-electron chi connectivity index (χ0n) is 14.4. The number of halogens is 1. The molecule has 1 amide bonds. The molecule has 0 saturated carbocycles. The van der Waals surface area contributed by atoms with Crippen molar-refractivity contribution in [2.45, 2.75) is 20.0 Å². The van der Waals surface area contributed by atoms with Crippen molar-refractivity contribution in [1.82, 2.24) is 19.6 Å². The van der Waals surface area contributed by atoms with Gasteiger partial charge in [0.25, 0.3) is 0 Å². The van der Waals surface area contributed by atoms with Crippen LogP contribution < -0.4 is 15.4 Å². The molecule has 3 rings (SSSR count). The number of carbonyl (C=O) groups excluding carboxylic acids is 1. The van der Waals surface area contributed by atoms with Gasteiger partial charge in [-0.3, -0.25) is 9.72 Å². The van der Waals surface area contributed by atoms with E-state index in [0.717, 1.165) is 0 Å². The molecule has 2 aromatic heterocycles. The summed E-state index contributed by atoms with van der Waals surface area (Å²) in [6.07, 6.45) is 2.31. The minimum atomic E-state index is -0.614. The number of ether oxygens (including phenoxy) is 2. The van der Waals surface area contributed by atoms with Gasteiger partial charge in [0.05, 0.1) is 23.9 Å². The number of hydrogen-bond acceptors (Lipinski definition) is 7. The minimum absolute atomic E-state index is 0.216. The highest BCUT2D eigenvalue weighted by molar-refractivity contribution is 6.33. The van der Waals surface area contributed by atoms with Crippen LogP contribution in [0.4, 0.5) is 22.2 Å². The molecule has 0 fully saturated rings. The van der Waals surface area contributed by atoms with Gasteiger partial charge < -0.3 is 14.8 Å². The van der Waals surface area contributed by atoms with Crippen molar-refractivity contribution < 1.29 is 14.3 Å². The normalized spacial score (nSPS) is 10.8. The van der Waals surface area contributed by atoms with E-state index in [1.165, 1.54) is 0 Å². The van der Waals surface area contributed by atoms with Crippen molar-refractivity contribution in [3.8, 4) is 5.75 Å². The number of rotatable bonds is 5. The predicted octanol–water partition coefficient (Wildman–Crippen LogP) is 3.49. The maximum atomic E-state index is 11.8. The van der Waals surface area contributed by atoms with Crippen LogP contribution in [0.2, 0.25) is 5.02 Å². The second kappa shape index (κ2) is 7.44. The quantitative estimate of drug-likeness (QED) is 0.702. The highest BCUT2D eigenvalue weighted by Crippen LogP contribution is 2.30. The summed E-state index contributed by atoms with van der Waals surface area (Å²) in [6, 6.07) is 5.20. The van der Waals surface area contributed by atoms with E-state index in [0.29, 0.717) is 27.9 Å². The van der Waals surface area contributed by atoms with Gasteiger partial charge in [0, 0.05) is 18.5 Å². The van der Waals surface area contributed by atoms with Gasteiger partial charge in [-0.05, 0) is 26.0 Å². The van der Waals surface area contributed by atoms with Crippen molar-refractivity contribution in [3.63, 3.8) is 0 Å². The van der Waals surface area contributed by atoms with Gasteiger partial charge in [-0.1, -0.05) is 11.6 Å². The Labute approximate surface area is 154 Å². The Bertz CT molecular complexity index is 943. The van der Waals surface area contributed by atoms with E-state index in [9.17, 15) is 4.79 Å². The fraction of sp³-hybridized carbons (Fsp3) is 0.250. The van der Waals surface area contributed by atoms with E-state index in [-0.39, 0.29) is 12.1 Å². The largest absolute Gasteiger partial charge is 0.497 e. The number of benzene rings is 1. The number of nitrogens with one attached hydrogen (secondary N) is 2. The van der Waals surface area contributed by atoms with Crippen LogP contribution in [0.25, 0.3) is 5.65 Å². The molecule has 3 aromatic rings. The monoisotopic (exact) mass is 376 g/mol. The van der Waals surface area contributed by atoms with Crippen LogP contribution in [0.3, 0.4) is 0 Å². The SMILES string of the molecule is COc1ccc(Cl)c(Nc2nccn3c(NC(=O)OC(C)C)nnc23)c1. The number of amides is 1. The lowest BCUT2D eigenvalue weighted by Gasteiger charge is -2.10. The van der Waals surface area contributed by atoms with Gasteiger partial charge >= 0.3 is 6.09 Å². The zero-order chi connectivity index (χ0) is 18.7. The van der Waals surface area contributed by atoms with Crippen LogP contribution in [-0.4, -0.2) is 38.9 Å². The van der Waals surface area contributed by atoms with Gasteiger partial charge in [-0.2, -0.15) is 0 Å². The molecule has 0 atom stereocenters. The molecule has 2 heterocycles.